The van der Waals surface area contributed by atoms with Gasteiger partial charge in [-0.15, -0.1) is 0 Å². The molecule has 0 aliphatic carbocycles. The van der Waals surface area contributed by atoms with E-state index in [9.17, 15) is 14.4 Å². The third-order valence-corrected chi connectivity index (χ3v) is 14.8. The molecule has 0 aromatic heterocycles. The molecule has 0 aliphatic rings. The Kier molecular flexibility index (Phi) is 61.7. The first-order chi connectivity index (χ1) is 37.0. The second-order valence-corrected chi connectivity index (χ2v) is 22.4. The number of esters is 3. The van der Waals surface area contributed by atoms with Gasteiger partial charge in [0.05, 0.1) is 0 Å². The highest BCUT2D eigenvalue weighted by atomic mass is 16.6. The van der Waals surface area contributed by atoms with Crippen LogP contribution < -0.4 is 0 Å². The fraction of sp³-hybridized carbons (Fsp3) is 0.841. The summed E-state index contributed by atoms with van der Waals surface area (Å²) < 4.78 is 16.9. The smallest absolute Gasteiger partial charge is 0.306 e. The molecule has 0 rings (SSSR count). The molecule has 6 heteroatoms. The molecule has 1 atom stereocenters. The molecule has 6 nitrogen and oxygen atoms in total. The zero-order valence-electron chi connectivity index (χ0n) is 50.3. The van der Waals surface area contributed by atoms with E-state index in [0.29, 0.717) is 19.3 Å². The number of allylic oxidation sites excluding steroid dienone is 8. The largest absolute Gasteiger partial charge is 0.462 e. The summed E-state index contributed by atoms with van der Waals surface area (Å²) in [5.74, 6) is -0.872. The van der Waals surface area contributed by atoms with Crippen molar-refractivity contribution in [1.82, 2.24) is 0 Å². The number of hydrogen-bond acceptors (Lipinski definition) is 6. The van der Waals surface area contributed by atoms with E-state index in [2.05, 4.69) is 69.4 Å². The average molecular weight is 1050 g/mol. The lowest BCUT2D eigenvalue weighted by Gasteiger charge is -2.18. The van der Waals surface area contributed by atoms with E-state index < -0.39 is 6.10 Å². The lowest BCUT2D eigenvalue weighted by atomic mass is 10.0. The van der Waals surface area contributed by atoms with Crippen molar-refractivity contribution < 1.29 is 28.6 Å². The van der Waals surface area contributed by atoms with Gasteiger partial charge < -0.3 is 14.2 Å². The van der Waals surface area contributed by atoms with Crippen LogP contribution in [-0.2, 0) is 28.6 Å². The van der Waals surface area contributed by atoms with Crippen molar-refractivity contribution in [2.24, 2.45) is 0 Å². The quantitative estimate of drug-likeness (QED) is 0.0261. The molecule has 0 amide bonds. The summed E-state index contributed by atoms with van der Waals surface area (Å²) in [5.41, 5.74) is 0. The molecule has 0 aliphatic heterocycles. The van der Waals surface area contributed by atoms with Crippen LogP contribution in [0.15, 0.2) is 48.6 Å². The van der Waals surface area contributed by atoms with E-state index in [1.165, 1.54) is 225 Å². The highest BCUT2D eigenvalue weighted by Crippen LogP contribution is 2.18. The number of unbranched alkanes of at least 4 members (excludes halogenated alkanes) is 42. The Labute approximate surface area is 467 Å². The molecule has 0 aromatic rings. The van der Waals surface area contributed by atoms with Crippen LogP contribution >= 0.6 is 0 Å². The van der Waals surface area contributed by atoms with Crippen LogP contribution in [0.1, 0.15) is 355 Å². The van der Waals surface area contributed by atoms with E-state index in [1.54, 1.807) is 0 Å². The predicted octanol–water partition coefficient (Wildman–Crippen LogP) is 22.6. The van der Waals surface area contributed by atoms with Gasteiger partial charge in [-0.3, -0.25) is 14.4 Å². The van der Waals surface area contributed by atoms with Crippen molar-refractivity contribution in [2.45, 2.75) is 361 Å². The number of carbonyl (C=O) groups is 3. The summed E-state index contributed by atoms with van der Waals surface area (Å²) in [4.78, 5) is 38.3. The van der Waals surface area contributed by atoms with E-state index in [-0.39, 0.29) is 31.1 Å². The molecule has 0 fully saturated rings. The molecule has 438 valence electrons. The minimum absolute atomic E-state index is 0.0761. The van der Waals surface area contributed by atoms with Gasteiger partial charge in [0.1, 0.15) is 13.2 Å². The summed E-state index contributed by atoms with van der Waals surface area (Å²) in [6.45, 7) is 6.57. The Balaban J connectivity index is 4.29. The molecular weight excluding hydrogens is 925 g/mol. The normalized spacial score (nSPS) is 12.3. The Morgan fingerprint density at radius 1 is 0.280 bits per heavy atom. The van der Waals surface area contributed by atoms with Gasteiger partial charge in [0.15, 0.2) is 6.10 Å². The van der Waals surface area contributed by atoms with Gasteiger partial charge in [0, 0.05) is 19.3 Å². The molecule has 0 saturated carbocycles. The Hall–Kier alpha value is -2.63. The first-order valence-electron chi connectivity index (χ1n) is 33.1. The Morgan fingerprint density at radius 3 is 0.827 bits per heavy atom. The Bertz CT molecular complexity index is 1300. The first-order valence-corrected chi connectivity index (χ1v) is 33.1. The van der Waals surface area contributed by atoms with Crippen LogP contribution in [0.3, 0.4) is 0 Å². The third-order valence-electron chi connectivity index (χ3n) is 14.8. The van der Waals surface area contributed by atoms with Crippen LogP contribution in [0.2, 0.25) is 0 Å². The average Bonchev–Trinajstić information content (AvgIpc) is 3.41. The third kappa shape index (κ3) is 62.1. The monoisotopic (exact) mass is 1050 g/mol. The van der Waals surface area contributed by atoms with Crippen molar-refractivity contribution in [3.05, 3.63) is 48.6 Å². The zero-order valence-corrected chi connectivity index (χ0v) is 50.3. The van der Waals surface area contributed by atoms with E-state index in [1.807, 2.05) is 0 Å². The minimum atomic E-state index is -0.781. The molecule has 0 heterocycles. The highest BCUT2D eigenvalue weighted by Gasteiger charge is 2.19. The van der Waals surface area contributed by atoms with Crippen molar-refractivity contribution in [2.75, 3.05) is 13.2 Å². The number of hydrogen-bond donors (Lipinski definition) is 0. The molecule has 0 radical (unpaired) electrons. The summed E-state index contributed by atoms with van der Waals surface area (Å²) in [7, 11) is 0. The van der Waals surface area contributed by atoms with Gasteiger partial charge in [0.25, 0.3) is 0 Å². The standard InChI is InChI=1S/C69H126O6/c1-4-7-10-13-16-19-22-25-28-31-32-33-34-35-36-37-39-41-44-47-50-53-56-59-62-68(71)74-65-66(64-73-67(70)61-58-55-52-49-46-43-40-30-27-24-21-18-15-12-9-6-3)75-69(72)63-60-57-54-51-48-45-42-38-29-26-23-20-17-14-11-8-5-2/h8,11,17,20,26,29-30,40,66H,4-7,9-10,12-16,18-19,21-25,27-28,31-39,41-65H2,1-3H3/b11-8-,20-17-,29-26-,40-30-. The summed E-state index contributed by atoms with van der Waals surface area (Å²) >= 11 is 0. The van der Waals surface area contributed by atoms with Gasteiger partial charge in [0.2, 0.25) is 0 Å². The SMILES string of the molecule is CC/C=C\C/C=C\C/C=C\CCCCCCCCCC(=O)OC(COC(=O)CCCCCCC/C=C\CCCCCCCCC)COC(=O)CCCCCCCCCCCCCCCCCCCCCCCCCC. The van der Waals surface area contributed by atoms with Crippen LogP contribution in [-0.4, -0.2) is 37.2 Å². The van der Waals surface area contributed by atoms with Gasteiger partial charge in [-0.25, -0.2) is 0 Å². The van der Waals surface area contributed by atoms with Crippen LogP contribution in [0.25, 0.3) is 0 Å². The molecule has 1 unspecified atom stereocenters. The van der Waals surface area contributed by atoms with E-state index in [0.717, 1.165) is 89.9 Å². The maximum Gasteiger partial charge on any atom is 0.306 e. The van der Waals surface area contributed by atoms with Crippen molar-refractivity contribution >= 4 is 17.9 Å². The van der Waals surface area contributed by atoms with Crippen molar-refractivity contribution in [3.63, 3.8) is 0 Å². The maximum absolute atomic E-state index is 12.9. The van der Waals surface area contributed by atoms with Crippen LogP contribution in [0.4, 0.5) is 0 Å². The number of ether oxygens (including phenoxy) is 3. The first kappa shape index (κ1) is 72.4. The lowest BCUT2D eigenvalue weighted by molar-refractivity contribution is -0.167. The fourth-order valence-electron chi connectivity index (χ4n) is 9.87. The van der Waals surface area contributed by atoms with E-state index in [4.69, 9.17) is 14.2 Å². The summed E-state index contributed by atoms with van der Waals surface area (Å²) in [5, 5.41) is 0. The second-order valence-electron chi connectivity index (χ2n) is 22.4. The maximum atomic E-state index is 12.9. The fourth-order valence-corrected chi connectivity index (χ4v) is 9.87. The van der Waals surface area contributed by atoms with Gasteiger partial charge in [-0.2, -0.15) is 0 Å². The second kappa shape index (κ2) is 63.9. The van der Waals surface area contributed by atoms with Gasteiger partial charge in [-0.05, 0) is 77.0 Å². The molecule has 75 heavy (non-hydrogen) atoms. The van der Waals surface area contributed by atoms with Gasteiger partial charge >= 0.3 is 17.9 Å². The van der Waals surface area contributed by atoms with Crippen molar-refractivity contribution in [1.29, 1.82) is 0 Å². The summed E-state index contributed by atoms with van der Waals surface area (Å²) in [6.07, 6.45) is 79.8. The molecular formula is C69H126O6. The molecule has 0 saturated heterocycles. The number of carbonyl (C=O) groups excluding carboxylic acids is 3. The molecule has 0 N–H and O–H groups in total. The Morgan fingerprint density at radius 2 is 0.520 bits per heavy atom. The van der Waals surface area contributed by atoms with E-state index >= 15 is 0 Å². The highest BCUT2D eigenvalue weighted by molar-refractivity contribution is 5.71. The molecule has 0 bridgehead atoms. The predicted molar refractivity (Wildman–Crippen MR) is 325 cm³/mol. The topological polar surface area (TPSA) is 78.9 Å². The van der Waals surface area contributed by atoms with Crippen LogP contribution in [0.5, 0.6) is 0 Å². The van der Waals surface area contributed by atoms with Gasteiger partial charge in [-0.1, -0.05) is 307 Å². The minimum Gasteiger partial charge on any atom is -0.462 e. The number of rotatable bonds is 61. The summed E-state index contributed by atoms with van der Waals surface area (Å²) in [6, 6.07) is 0. The van der Waals surface area contributed by atoms with Crippen molar-refractivity contribution in [3.8, 4) is 0 Å². The molecule has 0 aromatic carbocycles. The molecule has 0 spiro atoms. The zero-order chi connectivity index (χ0) is 54.3. The lowest BCUT2D eigenvalue weighted by Crippen LogP contribution is -2.30. The van der Waals surface area contributed by atoms with Crippen LogP contribution in [0, 0.1) is 0 Å².